The molecule has 2 heterocycles. The van der Waals surface area contributed by atoms with Gasteiger partial charge >= 0.3 is 0 Å². The average Bonchev–Trinajstić information content (AvgIpc) is 3.26. The van der Waals surface area contributed by atoms with Gasteiger partial charge in [0.15, 0.2) is 0 Å². The molecule has 0 aliphatic rings. The van der Waals surface area contributed by atoms with Crippen LogP contribution in [0.2, 0.25) is 0 Å². The SMILES string of the molecule is CCn1c2ccccc2c2cc(/C=C(\C#N)c3nn(CCO)c(N)c3C#N)ccc21. The van der Waals surface area contributed by atoms with E-state index in [1.807, 2.05) is 36.4 Å². The number of allylic oxidation sites excluding steroid dienone is 1. The molecule has 2 aromatic carbocycles. The molecule has 3 N–H and O–H groups in total. The maximum atomic E-state index is 9.75. The van der Waals surface area contributed by atoms with Gasteiger partial charge in [-0.15, -0.1) is 0 Å². The van der Waals surface area contributed by atoms with Crippen molar-refractivity contribution in [3.8, 4) is 12.1 Å². The van der Waals surface area contributed by atoms with Crippen LogP contribution in [0, 0.1) is 22.7 Å². The predicted molar refractivity (Wildman–Crippen MR) is 117 cm³/mol. The Balaban J connectivity index is 1.88. The maximum absolute atomic E-state index is 9.75. The number of aliphatic hydroxyl groups is 1. The first kappa shape index (κ1) is 19.3. The zero-order valence-electron chi connectivity index (χ0n) is 16.5. The third-order valence-electron chi connectivity index (χ3n) is 5.21. The number of anilines is 1. The molecule has 0 aliphatic carbocycles. The fourth-order valence-electron chi connectivity index (χ4n) is 3.86. The van der Waals surface area contributed by atoms with E-state index in [0.29, 0.717) is 0 Å². The van der Waals surface area contributed by atoms with Crippen LogP contribution in [0.5, 0.6) is 0 Å². The lowest BCUT2D eigenvalue weighted by Crippen LogP contribution is -2.07. The maximum Gasteiger partial charge on any atom is 0.140 e. The molecular weight excluding hydrogens is 376 g/mol. The Kier molecular flexibility index (Phi) is 4.97. The van der Waals surface area contributed by atoms with Gasteiger partial charge in [0, 0.05) is 28.4 Å². The summed E-state index contributed by atoms with van der Waals surface area (Å²) in [5.41, 5.74) is 9.70. The second-order valence-corrected chi connectivity index (χ2v) is 6.88. The summed E-state index contributed by atoms with van der Waals surface area (Å²) in [5.74, 6) is 0.143. The first-order valence-electron chi connectivity index (χ1n) is 9.63. The standard InChI is InChI=1S/C23H20N6O/c1-2-28-20-6-4-3-5-17(20)18-12-15(7-8-21(18)28)11-16(13-24)22-19(14-25)23(26)29(27-22)9-10-30/h3-8,11-12,30H,2,9-10,26H2,1H3/b16-11+. The number of aliphatic hydroxyl groups excluding tert-OH is 1. The number of aromatic nitrogens is 3. The van der Waals surface area contributed by atoms with Crippen molar-refractivity contribution in [2.45, 2.75) is 20.0 Å². The number of nitrogen functional groups attached to an aromatic ring is 1. The van der Waals surface area contributed by atoms with Gasteiger partial charge in [-0.05, 0) is 36.8 Å². The molecule has 0 saturated heterocycles. The highest BCUT2D eigenvalue weighted by atomic mass is 16.3. The topological polar surface area (TPSA) is 117 Å². The second kappa shape index (κ2) is 7.75. The van der Waals surface area contributed by atoms with Gasteiger partial charge in [0.05, 0.1) is 18.7 Å². The highest BCUT2D eigenvalue weighted by molar-refractivity contribution is 6.09. The Labute approximate surface area is 173 Å². The Hall–Kier alpha value is -4.07. The van der Waals surface area contributed by atoms with E-state index >= 15 is 0 Å². The fourth-order valence-corrected chi connectivity index (χ4v) is 3.86. The number of hydrogen-bond donors (Lipinski definition) is 2. The highest BCUT2D eigenvalue weighted by Crippen LogP contribution is 2.31. The smallest absolute Gasteiger partial charge is 0.140 e. The molecule has 0 saturated carbocycles. The van der Waals surface area contributed by atoms with Gasteiger partial charge in [0.25, 0.3) is 0 Å². The predicted octanol–water partition coefficient (Wildman–Crippen LogP) is 3.52. The number of rotatable bonds is 5. The van der Waals surface area contributed by atoms with Crippen LogP contribution in [0.3, 0.4) is 0 Å². The summed E-state index contributed by atoms with van der Waals surface area (Å²) >= 11 is 0. The van der Waals surface area contributed by atoms with Gasteiger partial charge in [-0.25, -0.2) is 4.68 Å². The van der Waals surface area contributed by atoms with Gasteiger partial charge in [-0.3, -0.25) is 0 Å². The van der Waals surface area contributed by atoms with Crippen molar-refractivity contribution in [1.29, 1.82) is 10.5 Å². The lowest BCUT2D eigenvalue weighted by molar-refractivity contribution is 0.270. The molecule has 0 atom stereocenters. The van der Waals surface area contributed by atoms with E-state index in [1.165, 1.54) is 10.2 Å². The number of nitrogens with two attached hydrogens (primary N) is 1. The zero-order valence-corrected chi connectivity index (χ0v) is 16.5. The number of nitrogens with zero attached hydrogens (tertiary/aromatic N) is 5. The summed E-state index contributed by atoms with van der Waals surface area (Å²) in [5, 5.41) is 35.0. The monoisotopic (exact) mass is 396 g/mol. The molecule has 7 nitrogen and oxygen atoms in total. The van der Waals surface area contributed by atoms with Crippen molar-refractivity contribution in [3.05, 3.63) is 59.3 Å². The highest BCUT2D eigenvalue weighted by Gasteiger charge is 2.19. The van der Waals surface area contributed by atoms with E-state index in [0.717, 1.165) is 28.4 Å². The molecule has 0 aliphatic heterocycles. The molecule has 0 bridgehead atoms. The number of nitriles is 2. The average molecular weight is 396 g/mol. The molecular formula is C23H20N6O. The summed E-state index contributed by atoms with van der Waals surface area (Å²) in [6.45, 7) is 2.96. The minimum absolute atomic E-state index is 0.139. The van der Waals surface area contributed by atoms with Crippen molar-refractivity contribution >= 4 is 39.3 Å². The zero-order chi connectivity index (χ0) is 21.3. The third kappa shape index (κ3) is 2.98. The first-order chi connectivity index (χ1) is 14.6. The normalized spacial score (nSPS) is 11.7. The van der Waals surface area contributed by atoms with Crippen LogP contribution < -0.4 is 5.73 Å². The van der Waals surface area contributed by atoms with Crippen LogP contribution in [0.25, 0.3) is 33.5 Å². The van der Waals surface area contributed by atoms with E-state index in [2.05, 4.69) is 34.8 Å². The Morgan fingerprint density at radius 2 is 1.93 bits per heavy atom. The summed E-state index contributed by atoms with van der Waals surface area (Å²) < 4.78 is 3.60. The van der Waals surface area contributed by atoms with Crippen molar-refractivity contribution < 1.29 is 5.11 Å². The summed E-state index contributed by atoms with van der Waals surface area (Å²) in [6, 6.07) is 18.4. The molecule has 0 fully saturated rings. The molecule has 30 heavy (non-hydrogen) atoms. The van der Waals surface area contributed by atoms with Gasteiger partial charge in [0.2, 0.25) is 0 Å². The van der Waals surface area contributed by atoms with Crippen LogP contribution >= 0.6 is 0 Å². The fraction of sp³-hybridized carbons (Fsp3) is 0.174. The third-order valence-corrected chi connectivity index (χ3v) is 5.21. The lowest BCUT2D eigenvalue weighted by atomic mass is 10.0. The molecule has 0 amide bonds. The van der Waals surface area contributed by atoms with Crippen LogP contribution in [-0.4, -0.2) is 26.1 Å². The number of hydrogen-bond acceptors (Lipinski definition) is 5. The molecule has 0 spiro atoms. The van der Waals surface area contributed by atoms with Crippen LogP contribution in [-0.2, 0) is 13.1 Å². The molecule has 0 unspecified atom stereocenters. The Morgan fingerprint density at radius 3 is 2.63 bits per heavy atom. The summed E-state index contributed by atoms with van der Waals surface area (Å²) in [4.78, 5) is 0. The van der Waals surface area contributed by atoms with Crippen molar-refractivity contribution in [3.63, 3.8) is 0 Å². The van der Waals surface area contributed by atoms with E-state index < -0.39 is 0 Å². The minimum Gasteiger partial charge on any atom is -0.394 e. The minimum atomic E-state index is -0.167. The van der Waals surface area contributed by atoms with E-state index in [4.69, 9.17) is 5.73 Å². The number of para-hydroxylation sites is 1. The first-order valence-corrected chi connectivity index (χ1v) is 9.63. The van der Waals surface area contributed by atoms with E-state index in [-0.39, 0.29) is 35.8 Å². The molecule has 148 valence electrons. The summed E-state index contributed by atoms with van der Waals surface area (Å²) in [7, 11) is 0. The number of fused-ring (bicyclic) bond motifs is 3. The van der Waals surface area contributed by atoms with Gasteiger partial charge in [0.1, 0.15) is 29.2 Å². The second-order valence-electron chi connectivity index (χ2n) is 6.88. The number of benzene rings is 2. The molecule has 0 radical (unpaired) electrons. The molecule has 2 aromatic heterocycles. The number of aryl methyl sites for hydroxylation is 1. The van der Waals surface area contributed by atoms with Crippen molar-refractivity contribution in [2.24, 2.45) is 0 Å². The summed E-state index contributed by atoms with van der Waals surface area (Å²) in [6.07, 6.45) is 1.71. The quantitative estimate of drug-likeness (QED) is 0.501. The Bertz CT molecular complexity index is 1380. The van der Waals surface area contributed by atoms with Gasteiger partial charge < -0.3 is 15.4 Å². The van der Waals surface area contributed by atoms with E-state index in [1.54, 1.807) is 6.08 Å². The van der Waals surface area contributed by atoms with Gasteiger partial charge in [-0.2, -0.15) is 15.6 Å². The lowest BCUT2D eigenvalue weighted by Gasteiger charge is -2.03. The van der Waals surface area contributed by atoms with Crippen LogP contribution in [0.1, 0.15) is 23.7 Å². The van der Waals surface area contributed by atoms with Crippen LogP contribution in [0.15, 0.2) is 42.5 Å². The van der Waals surface area contributed by atoms with Crippen LogP contribution in [0.4, 0.5) is 5.82 Å². The molecule has 7 heteroatoms. The van der Waals surface area contributed by atoms with Crippen molar-refractivity contribution in [2.75, 3.05) is 12.3 Å². The van der Waals surface area contributed by atoms with E-state index in [9.17, 15) is 15.6 Å². The molecule has 4 aromatic rings. The molecule has 4 rings (SSSR count). The Morgan fingerprint density at radius 1 is 1.17 bits per heavy atom. The van der Waals surface area contributed by atoms with Gasteiger partial charge in [-0.1, -0.05) is 24.3 Å². The largest absolute Gasteiger partial charge is 0.394 e. The van der Waals surface area contributed by atoms with Crippen molar-refractivity contribution in [1.82, 2.24) is 14.3 Å².